The third kappa shape index (κ3) is 6.10. The van der Waals surface area contributed by atoms with Crippen molar-refractivity contribution in [3.05, 3.63) is 89.7 Å². The van der Waals surface area contributed by atoms with Crippen LogP contribution in [0.1, 0.15) is 47.5 Å². The van der Waals surface area contributed by atoms with Gasteiger partial charge in [-0.25, -0.2) is 4.79 Å². The molecule has 0 amide bonds. The van der Waals surface area contributed by atoms with E-state index in [1.807, 2.05) is 12.2 Å². The van der Waals surface area contributed by atoms with E-state index in [1.165, 1.54) is 43.6 Å². The smallest absolute Gasteiger partial charge is 0.335 e. The van der Waals surface area contributed by atoms with Gasteiger partial charge in [-0.1, -0.05) is 36.4 Å². The number of benzene rings is 2. The van der Waals surface area contributed by atoms with Gasteiger partial charge in [-0.3, -0.25) is 0 Å². The number of aromatic carboxylic acids is 1. The van der Waals surface area contributed by atoms with Crippen molar-refractivity contribution in [2.24, 2.45) is 0 Å². The molecule has 2 aliphatic rings. The first-order chi connectivity index (χ1) is 13.7. The predicted octanol–water partition coefficient (Wildman–Crippen LogP) is 5.15. The Morgan fingerprint density at radius 3 is 2.29 bits per heavy atom. The Labute approximate surface area is 166 Å². The molecule has 0 unspecified atom stereocenters. The van der Waals surface area contributed by atoms with E-state index in [2.05, 4.69) is 41.7 Å². The highest BCUT2D eigenvalue weighted by molar-refractivity contribution is 5.87. The summed E-state index contributed by atoms with van der Waals surface area (Å²) in [6, 6.07) is 17.2. The number of nitrogens with one attached hydrogen (secondary N) is 1. The second-order valence-electron chi connectivity index (χ2n) is 6.95. The van der Waals surface area contributed by atoms with Crippen LogP contribution in [0, 0.1) is 0 Å². The minimum Gasteiger partial charge on any atom is -0.478 e. The number of allylic oxidation sites excluding steroid dienone is 3. The van der Waals surface area contributed by atoms with E-state index in [4.69, 9.17) is 9.84 Å². The van der Waals surface area contributed by atoms with Crippen molar-refractivity contribution in [3.8, 4) is 5.75 Å². The molecule has 1 saturated heterocycles. The van der Waals surface area contributed by atoms with Crippen molar-refractivity contribution in [1.29, 1.82) is 0 Å². The lowest BCUT2D eigenvalue weighted by atomic mass is 9.90. The Hall–Kier alpha value is -2.85. The number of carbonyl (C=O) groups is 1. The molecular weight excluding hydrogens is 350 g/mol. The van der Waals surface area contributed by atoms with E-state index in [1.54, 1.807) is 12.1 Å². The van der Waals surface area contributed by atoms with Gasteiger partial charge < -0.3 is 15.2 Å². The molecule has 4 rings (SSSR count). The van der Waals surface area contributed by atoms with Crippen LogP contribution in [0.15, 0.2) is 78.6 Å². The number of hydrogen-bond donors (Lipinski definition) is 2. The van der Waals surface area contributed by atoms with Gasteiger partial charge in [0.25, 0.3) is 0 Å². The Balaban J connectivity index is 0.000000167. The molecule has 0 aromatic heterocycles. The van der Waals surface area contributed by atoms with Crippen molar-refractivity contribution < 1.29 is 14.6 Å². The fraction of sp³-hybridized carbons (Fsp3) is 0.292. The molecule has 1 heterocycles. The maximum Gasteiger partial charge on any atom is 0.335 e. The quantitative estimate of drug-likeness (QED) is 0.773. The summed E-state index contributed by atoms with van der Waals surface area (Å²) in [6.07, 6.45) is 10.6. The zero-order valence-corrected chi connectivity index (χ0v) is 16.0. The summed E-state index contributed by atoms with van der Waals surface area (Å²) in [6.45, 7) is 2.36. The van der Waals surface area contributed by atoms with E-state index >= 15 is 0 Å². The molecular formula is C24H27NO3. The third-order valence-electron chi connectivity index (χ3n) is 4.91. The number of carboxylic acid groups (broad SMARTS) is 1. The van der Waals surface area contributed by atoms with Gasteiger partial charge in [0.1, 0.15) is 11.5 Å². The second-order valence-corrected chi connectivity index (χ2v) is 6.95. The number of ether oxygens (including phenoxy) is 1. The van der Waals surface area contributed by atoms with Gasteiger partial charge in [0, 0.05) is 0 Å². The maximum absolute atomic E-state index is 10.6. The van der Waals surface area contributed by atoms with Crippen molar-refractivity contribution in [2.45, 2.75) is 31.6 Å². The van der Waals surface area contributed by atoms with Crippen molar-refractivity contribution in [1.82, 2.24) is 5.32 Å². The first kappa shape index (κ1) is 19.9. The first-order valence-electron chi connectivity index (χ1n) is 9.86. The third-order valence-corrected chi connectivity index (χ3v) is 4.91. The van der Waals surface area contributed by atoms with Gasteiger partial charge in [0.15, 0.2) is 0 Å². The first-order valence-corrected chi connectivity index (χ1v) is 9.86. The summed E-state index contributed by atoms with van der Waals surface area (Å²) in [5, 5.41) is 12.1. The Kier molecular flexibility index (Phi) is 7.44. The van der Waals surface area contributed by atoms with Crippen LogP contribution in [-0.4, -0.2) is 24.2 Å². The predicted molar refractivity (Wildman–Crippen MR) is 112 cm³/mol. The highest BCUT2D eigenvalue weighted by Crippen LogP contribution is 2.24. The lowest BCUT2D eigenvalue weighted by Crippen LogP contribution is -2.26. The van der Waals surface area contributed by atoms with Crippen LogP contribution in [0.4, 0.5) is 0 Å². The molecule has 0 radical (unpaired) electrons. The van der Waals surface area contributed by atoms with E-state index in [0.29, 0.717) is 5.75 Å². The molecule has 2 aromatic rings. The largest absolute Gasteiger partial charge is 0.478 e. The van der Waals surface area contributed by atoms with E-state index in [-0.39, 0.29) is 5.56 Å². The molecule has 4 heteroatoms. The zero-order valence-electron chi connectivity index (χ0n) is 16.0. The summed E-state index contributed by atoms with van der Waals surface area (Å²) in [4.78, 5) is 10.6. The van der Waals surface area contributed by atoms with Crippen LogP contribution in [0.2, 0.25) is 0 Å². The zero-order chi connectivity index (χ0) is 19.6. The molecule has 0 saturated carbocycles. The molecule has 0 bridgehead atoms. The van der Waals surface area contributed by atoms with Crippen LogP contribution < -0.4 is 10.1 Å². The van der Waals surface area contributed by atoms with Crippen LogP contribution in [-0.2, 0) is 0 Å². The molecule has 2 N–H and O–H groups in total. The second kappa shape index (κ2) is 10.5. The highest BCUT2D eigenvalue weighted by atomic mass is 16.5. The van der Waals surface area contributed by atoms with Gasteiger partial charge in [-0.05, 0) is 86.7 Å². The molecule has 0 atom stereocenters. The summed E-state index contributed by atoms with van der Waals surface area (Å²) >= 11 is 0. The molecule has 1 aliphatic carbocycles. The summed E-state index contributed by atoms with van der Waals surface area (Å²) in [5.74, 6) is 1.34. The van der Waals surface area contributed by atoms with E-state index in [0.717, 1.165) is 24.5 Å². The Morgan fingerprint density at radius 2 is 1.68 bits per heavy atom. The highest BCUT2D eigenvalue weighted by Gasteiger charge is 2.13. The van der Waals surface area contributed by atoms with Gasteiger partial charge in [0.2, 0.25) is 0 Å². The normalized spacial score (nSPS) is 16.5. The van der Waals surface area contributed by atoms with Crippen molar-refractivity contribution >= 4 is 5.97 Å². The lowest BCUT2D eigenvalue weighted by molar-refractivity contribution is 0.0697. The standard InChI is InChI=1S/C13H12O3.C11H15N/c14-13(15)10-6-8-12(9-7-10)16-11-4-2-1-3-5-11;1-2-4-10(5-3-1)11-6-8-12-9-7-11/h2,4-9H,1,3H2,(H,14,15);1-5,11-12H,6-9H2. The molecule has 0 spiro atoms. The minimum absolute atomic E-state index is 0.264. The van der Waals surface area contributed by atoms with Crippen LogP contribution in [0.25, 0.3) is 0 Å². The topological polar surface area (TPSA) is 58.6 Å². The van der Waals surface area contributed by atoms with Crippen LogP contribution >= 0.6 is 0 Å². The molecule has 1 aliphatic heterocycles. The average molecular weight is 377 g/mol. The van der Waals surface area contributed by atoms with Crippen LogP contribution in [0.5, 0.6) is 5.75 Å². The van der Waals surface area contributed by atoms with Crippen LogP contribution in [0.3, 0.4) is 0 Å². The molecule has 28 heavy (non-hydrogen) atoms. The maximum atomic E-state index is 10.6. The van der Waals surface area contributed by atoms with E-state index in [9.17, 15) is 4.79 Å². The minimum atomic E-state index is -0.927. The van der Waals surface area contributed by atoms with Gasteiger partial charge >= 0.3 is 5.97 Å². The van der Waals surface area contributed by atoms with Crippen molar-refractivity contribution in [3.63, 3.8) is 0 Å². The number of rotatable bonds is 4. The Bertz CT molecular complexity index is 804. The molecule has 4 nitrogen and oxygen atoms in total. The van der Waals surface area contributed by atoms with Gasteiger partial charge in [0.05, 0.1) is 5.56 Å². The average Bonchev–Trinajstić information content (AvgIpc) is 2.77. The number of carboxylic acids is 1. The number of hydrogen-bond acceptors (Lipinski definition) is 3. The lowest BCUT2D eigenvalue weighted by Gasteiger charge is -2.22. The number of piperidine rings is 1. The monoisotopic (exact) mass is 377 g/mol. The molecule has 146 valence electrons. The Morgan fingerprint density at radius 1 is 0.964 bits per heavy atom. The van der Waals surface area contributed by atoms with Gasteiger partial charge in [-0.15, -0.1) is 0 Å². The summed E-state index contributed by atoms with van der Waals surface area (Å²) < 4.78 is 5.57. The summed E-state index contributed by atoms with van der Waals surface area (Å²) in [7, 11) is 0. The summed E-state index contributed by atoms with van der Waals surface area (Å²) in [5.41, 5.74) is 1.78. The van der Waals surface area contributed by atoms with E-state index < -0.39 is 5.97 Å². The fourth-order valence-corrected chi connectivity index (χ4v) is 3.35. The fourth-order valence-electron chi connectivity index (χ4n) is 3.35. The van der Waals surface area contributed by atoms with Gasteiger partial charge in [-0.2, -0.15) is 0 Å². The van der Waals surface area contributed by atoms with Crippen molar-refractivity contribution in [2.75, 3.05) is 13.1 Å². The molecule has 2 aromatic carbocycles. The molecule has 1 fully saturated rings. The SMILES string of the molecule is O=C(O)c1ccc(OC2=CCCC=C2)cc1.c1ccc(C2CCNCC2)cc1.